The summed E-state index contributed by atoms with van der Waals surface area (Å²) in [6.07, 6.45) is 5.97. The van der Waals surface area contributed by atoms with Gasteiger partial charge in [0.05, 0.1) is 30.3 Å². The van der Waals surface area contributed by atoms with Gasteiger partial charge < -0.3 is 9.88 Å². The fourth-order valence-electron chi connectivity index (χ4n) is 2.67. The summed E-state index contributed by atoms with van der Waals surface area (Å²) >= 11 is 0. The summed E-state index contributed by atoms with van der Waals surface area (Å²) in [5.41, 5.74) is 2.16. The number of anilines is 1. The summed E-state index contributed by atoms with van der Waals surface area (Å²) < 4.78 is 2.29. The van der Waals surface area contributed by atoms with Gasteiger partial charge in [0.25, 0.3) is 0 Å². The first-order chi connectivity index (χ1) is 10.4. The molecule has 0 aliphatic carbocycles. The number of para-hydroxylation sites is 1. The predicted molar refractivity (Wildman–Crippen MR) is 79.2 cm³/mol. The minimum Gasteiger partial charge on any atom is -0.362 e. The van der Waals surface area contributed by atoms with Crippen molar-refractivity contribution in [3.05, 3.63) is 54.2 Å². The number of hydrogen-bond donors (Lipinski definition) is 1. The SMILES string of the molecule is c1ccc(-n2ncc(NCc3cnc4n3CCC4)n2)cc1. The topological polar surface area (TPSA) is 60.6 Å². The molecule has 6 nitrogen and oxygen atoms in total. The van der Waals surface area contributed by atoms with Gasteiger partial charge in [-0.2, -0.15) is 5.10 Å². The van der Waals surface area contributed by atoms with Gasteiger partial charge in [-0.15, -0.1) is 9.90 Å². The van der Waals surface area contributed by atoms with Gasteiger partial charge in [-0.3, -0.25) is 0 Å². The van der Waals surface area contributed by atoms with Crippen LogP contribution in [-0.4, -0.2) is 24.5 Å². The lowest BCUT2D eigenvalue weighted by Crippen LogP contribution is -2.07. The molecule has 3 aromatic rings. The van der Waals surface area contributed by atoms with E-state index in [4.69, 9.17) is 0 Å². The first kappa shape index (κ1) is 12.1. The number of hydrogen-bond acceptors (Lipinski definition) is 4. The maximum Gasteiger partial charge on any atom is 0.169 e. The van der Waals surface area contributed by atoms with Gasteiger partial charge in [0, 0.05) is 13.0 Å². The molecule has 0 fully saturated rings. The molecule has 0 bridgehead atoms. The molecular formula is C15H16N6. The van der Waals surface area contributed by atoms with E-state index < -0.39 is 0 Å². The van der Waals surface area contributed by atoms with E-state index in [1.54, 1.807) is 11.0 Å². The van der Waals surface area contributed by atoms with Crippen LogP contribution in [0.15, 0.2) is 42.7 Å². The fourth-order valence-corrected chi connectivity index (χ4v) is 2.67. The molecule has 1 aromatic carbocycles. The molecule has 4 rings (SSSR count). The Bertz CT molecular complexity index is 743. The maximum absolute atomic E-state index is 4.44. The standard InChI is InChI=1S/C15H16N6/c1-2-5-12(6-3-1)21-18-11-14(19-21)16-9-13-10-17-15-7-4-8-20(13)15/h1-3,5-6,10-11H,4,7-9H2,(H,16,19). The minimum absolute atomic E-state index is 0.723. The monoisotopic (exact) mass is 280 g/mol. The number of benzene rings is 1. The van der Waals surface area contributed by atoms with Gasteiger partial charge in [0.1, 0.15) is 5.82 Å². The molecule has 1 aliphatic heterocycles. The molecule has 6 heteroatoms. The molecule has 0 atom stereocenters. The van der Waals surface area contributed by atoms with Crippen molar-refractivity contribution in [2.75, 3.05) is 5.32 Å². The molecule has 1 aliphatic rings. The molecule has 0 amide bonds. The zero-order valence-electron chi connectivity index (χ0n) is 11.6. The molecule has 3 heterocycles. The largest absolute Gasteiger partial charge is 0.362 e. The van der Waals surface area contributed by atoms with E-state index in [1.807, 2.05) is 36.5 Å². The van der Waals surface area contributed by atoms with Crippen LogP contribution in [-0.2, 0) is 19.5 Å². The van der Waals surface area contributed by atoms with Crippen LogP contribution in [0, 0.1) is 0 Å². The first-order valence-corrected chi connectivity index (χ1v) is 7.15. The normalized spacial score (nSPS) is 13.3. The Hall–Kier alpha value is -2.63. The Morgan fingerprint density at radius 3 is 2.95 bits per heavy atom. The zero-order valence-corrected chi connectivity index (χ0v) is 11.6. The Morgan fingerprint density at radius 1 is 1.14 bits per heavy atom. The molecule has 21 heavy (non-hydrogen) atoms. The van der Waals surface area contributed by atoms with Gasteiger partial charge in [-0.1, -0.05) is 18.2 Å². The highest BCUT2D eigenvalue weighted by atomic mass is 15.5. The second-order valence-corrected chi connectivity index (χ2v) is 5.13. The van der Waals surface area contributed by atoms with Crippen molar-refractivity contribution in [2.24, 2.45) is 0 Å². The lowest BCUT2D eigenvalue weighted by molar-refractivity contribution is 0.711. The quantitative estimate of drug-likeness (QED) is 0.794. The van der Waals surface area contributed by atoms with Crippen molar-refractivity contribution in [3.63, 3.8) is 0 Å². The molecule has 1 N–H and O–H groups in total. The highest BCUT2D eigenvalue weighted by Gasteiger charge is 2.15. The van der Waals surface area contributed by atoms with Crippen LogP contribution in [0.1, 0.15) is 17.9 Å². The maximum atomic E-state index is 4.44. The summed E-state index contributed by atoms with van der Waals surface area (Å²) in [5, 5.41) is 12.0. The molecule has 106 valence electrons. The third-order valence-electron chi connectivity index (χ3n) is 3.73. The van der Waals surface area contributed by atoms with Gasteiger partial charge in [-0.25, -0.2) is 4.98 Å². The average Bonchev–Trinajstić information content (AvgIpc) is 3.23. The summed E-state index contributed by atoms with van der Waals surface area (Å²) in [4.78, 5) is 6.07. The molecule has 0 spiro atoms. The van der Waals surface area contributed by atoms with E-state index in [2.05, 4.69) is 25.1 Å². The van der Waals surface area contributed by atoms with Gasteiger partial charge >= 0.3 is 0 Å². The number of aryl methyl sites for hydroxylation is 1. The second kappa shape index (κ2) is 5.05. The second-order valence-electron chi connectivity index (χ2n) is 5.13. The van der Waals surface area contributed by atoms with Crippen LogP contribution >= 0.6 is 0 Å². The van der Waals surface area contributed by atoms with Gasteiger partial charge in [0.2, 0.25) is 0 Å². The van der Waals surface area contributed by atoms with Gasteiger partial charge in [0.15, 0.2) is 5.82 Å². The smallest absolute Gasteiger partial charge is 0.169 e. The Labute approximate surface area is 122 Å². The van der Waals surface area contributed by atoms with Crippen molar-refractivity contribution in [1.29, 1.82) is 0 Å². The van der Waals surface area contributed by atoms with Crippen molar-refractivity contribution >= 4 is 5.82 Å². The number of nitrogens with one attached hydrogen (secondary N) is 1. The zero-order chi connectivity index (χ0) is 14.1. The molecule has 0 saturated heterocycles. The summed E-state index contributed by atoms with van der Waals surface area (Å²) in [6, 6.07) is 9.89. The number of nitrogens with zero attached hydrogens (tertiary/aromatic N) is 5. The van der Waals surface area contributed by atoms with E-state index >= 15 is 0 Å². The van der Waals surface area contributed by atoms with E-state index in [-0.39, 0.29) is 0 Å². The van der Waals surface area contributed by atoms with Crippen molar-refractivity contribution < 1.29 is 0 Å². The van der Waals surface area contributed by atoms with Crippen molar-refractivity contribution in [2.45, 2.75) is 25.9 Å². The predicted octanol–water partition coefficient (Wildman–Crippen LogP) is 2.02. The number of fused-ring (bicyclic) bond motifs is 1. The van der Waals surface area contributed by atoms with Crippen molar-refractivity contribution in [3.8, 4) is 5.69 Å². The fraction of sp³-hybridized carbons (Fsp3) is 0.267. The Kier molecular flexibility index (Phi) is 2.92. The summed E-state index contributed by atoms with van der Waals surface area (Å²) in [6.45, 7) is 1.80. The van der Waals surface area contributed by atoms with Crippen LogP contribution in [0.4, 0.5) is 5.82 Å². The number of aromatic nitrogens is 5. The van der Waals surface area contributed by atoms with Crippen LogP contribution in [0.2, 0.25) is 0 Å². The Morgan fingerprint density at radius 2 is 2.05 bits per heavy atom. The van der Waals surface area contributed by atoms with Crippen molar-refractivity contribution in [1.82, 2.24) is 24.5 Å². The van der Waals surface area contributed by atoms with Crippen LogP contribution < -0.4 is 5.32 Å². The number of rotatable bonds is 4. The first-order valence-electron chi connectivity index (χ1n) is 7.15. The lowest BCUT2D eigenvalue weighted by Gasteiger charge is -2.05. The molecular weight excluding hydrogens is 264 g/mol. The molecule has 0 unspecified atom stereocenters. The Balaban J connectivity index is 1.47. The lowest BCUT2D eigenvalue weighted by atomic mass is 10.3. The highest BCUT2D eigenvalue weighted by Crippen LogP contribution is 2.17. The number of imidazole rings is 1. The highest BCUT2D eigenvalue weighted by molar-refractivity contribution is 5.34. The molecule has 0 saturated carbocycles. The third kappa shape index (κ3) is 2.29. The third-order valence-corrected chi connectivity index (χ3v) is 3.73. The van der Waals surface area contributed by atoms with E-state index in [9.17, 15) is 0 Å². The summed E-state index contributed by atoms with van der Waals surface area (Å²) in [5.74, 6) is 1.96. The van der Waals surface area contributed by atoms with E-state index in [0.717, 1.165) is 31.0 Å². The average molecular weight is 280 g/mol. The molecule has 0 radical (unpaired) electrons. The van der Waals surface area contributed by atoms with E-state index in [0.29, 0.717) is 0 Å². The molecule has 2 aromatic heterocycles. The van der Waals surface area contributed by atoms with Crippen LogP contribution in [0.3, 0.4) is 0 Å². The summed E-state index contributed by atoms with van der Waals surface area (Å²) in [7, 11) is 0. The minimum atomic E-state index is 0.723. The van der Waals surface area contributed by atoms with Gasteiger partial charge in [-0.05, 0) is 18.6 Å². The van der Waals surface area contributed by atoms with Crippen LogP contribution in [0.5, 0.6) is 0 Å². The van der Waals surface area contributed by atoms with Crippen LogP contribution in [0.25, 0.3) is 5.69 Å². The van der Waals surface area contributed by atoms with E-state index in [1.165, 1.54) is 17.9 Å².